The minimum atomic E-state index is 0.765. The molecule has 1 aromatic rings. The van der Waals surface area contributed by atoms with Gasteiger partial charge in [-0.1, -0.05) is 0 Å². The van der Waals surface area contributed by atoms with Gasteiger partial charge in [0, 0.05) is 18.6 Å². The van der Waals surface area contributed by atoms with Gasteiger partial charge in [0.25, 0.3) is 0 Å². The molecule has 2 saturated heterocycles. The standard InChI is InChI=1S/C13H20N2S/c1-3-12(14-6-1)13-4-2-7-15(13)9-11-5-8-16-10-11/h5,8,10,12-14H,1-4,6-7,9H2. The van der Waals surface area contributed by atoms with Gasteiger partial charge < -0.3 is 5.32 Å². The predicted octanol–water partition coefficient (Wildman–Crippen LogP) is 2.46. The van der Waals surface area contributed by atoms with E-state index in [9.17, 15) is 0 Å². The summed E-state index contributed by atoms with van der Waals surface area (Å²) in [5, 5.41) is 8.15. The summed E-state index contributed by atoms with van der Waals surface area (Å²) in [5.74, 6) is 0. The molecule has 3 heteroatoms. The SMILES string of the molecule is c1cc(CN2CCCC2C2CCCN2)cs1. The van der Waals surface area contributed by atoms with Gasteiger partial charge in [-0.3, -0.25) is 4.90 Å². The van der Waals surface area contributed by atoms with Gasteiger partial charge in [0.15, 0.2) is 0 Å². The summed E-state index contributed by atoms with van der Waals surface area (Å²) < 4.78 is 0. The fourth-order valence-corrected chi connectivity index (χ4v) is 3.82. The van der Waals surface area contributed by atoms with Crippen molar-refractivity contribution >= 4 is 11.3 Å². The van der Waals surface area contributed by atoms with Crippen molar-refractivity contribution < 1.29 is 0 Å². The van der Waals surface area contributed by atoms with Crippen molar-refractivity contribution in [1.29, 1.82) is 0 Å². The van der Waals surface area contributed by atoms with Crippen molar-refractivity contribution in [1.82, 2.24) is 10.2 Å². The van der Waals surface area contributed by atoms with E-state index in [1.54, 1.807) is 0 Å². The molecule has 1 aromatic heterocycles. The first-order chi connectivity index (χ1) is 7.93. The second-order valence-electron chi connectivity index (χ2n) is 5.01. The Balaban J connectivity index is 1.64. The molecule has 2 unspecified atom stereocenters. The van der Waals surface area contributed by atoms with Crippen LogP contribution in [0.2, 0.25) is 0 Å². The van der Waals surface area contributed by atoms with Crippen molar-refractivity contribution in [3.8, 4) is 0 Å². The molecule has 0 spiro atoms. The first-order valence-electron chi connectivity index (χ1n) is 6.42. The minimum Gasteiger partial charge on any atom is -0.312 e. The average molecular weight is 236 g/mol. The second-order valence-corrected chi connectivity index (χ2v) is 5.79. The van der Waals surface area contributed by atoms with Gasteiger partial charge >= 0.3 is 0 Å². The summed E-state index contributed by atoms with van der Waals surface area (Å²) in [5.41, 5.74) is 1.50. The highest BCUT2D eigenvalue weighted by Crippen LogP contribution is 2.26. The molecule has 2 fully saturated rings. The van der Waals surface area contributed by atoms with E-state index in [0.29, 0.717) is 0 Å². The van der Waals surface area contributed by atoms with Crippen LogP contribution in [-0.4, -0.2) is 30.1 Å². The summed E-state index contributed by atoms with van der Waals surface area (Å²) in [7, 11) is 0. The summed E-state index contributed by atoms with van der Waals surface area (Å²) in [6, 6.07) is 3.82. The second kappa shape index (κ2) is 4.86. The molecule has 2 atom stereocenters. The van der Waals surface area contributed by atoms with E-state index >= 15 is 0 Å². The minimum absolute atomic E-state index is 0.765. The molecule has 88 valence electrons. The van der Waals surface area contributed by atoms with Crippen LogP contribution in [0.5, 0.6) is 0 Å². The van der Waals surface area contributed by atoms with Crippen LogP contribution >= 0.6 is 11.3 Å². The van der Waals surface area contributed by atoms with E-state index in [2.05, 4.69) is 27.0 Å². The molecular formula is C13H20N2S. The van der Waals surface area contributed by atoms with Crippen LogP contribution in [0, 0.1) is 0 Å². The van der Waals surface area contributed by atoms with E-state index < -0.39 is 0 Å². The maximum Gasteiger partial charge on any atom is 0.0253 e. The Morgan fingerprint density at radius 3 is 3.12 bits per heavy atom. The molecule has 16 heavy (non-hydrogen) atoms. The molecule has 1 N–H and O–H groups in total. The number of nitrogens with zero attached hydrogens (tertiary/aromatic N) is 1. The van der Waals surface area contributed by atoms with Crippen molar-refractivity contribution in [3.63, 3.8) is 0 Å². The lowest BCUT2D eigenvalue weighted by molar-refractivity contribution is 0.207. The van der Waals surface area contributed by atoms with Gasteiger partial charge in [0.1, 0.15) is 0 Å². The largest absolute Gasteiger partial charge is 0.312 e. The van der Waals surface area contributed by atoms with E-state index in [1.165, 1.54) is 44.3 Å². The third kappa shape index (κ3) is 2.17. The molecule has 0 bridgehead atoms. The van der Waals surface area contributed by atoms with E-state index in [0.717, 1.165) is 18.6 Å². The van der Waals surface area contributed by atoms with E-state index in [1.807, 2.05) is 11.3 Å². The lowest BCUT2D eigenvalue weighted by atomic mass is 10.0. The van der Waals surface area contributed by atoms with Crippen molar-refractivity contribution in [2.45, 2.75) is 44.3 Å². The van der Waals surface area contributed by atoms with Gasteiger partial charge in [0.05, 0.1) is 0 Å². The summed E-state index contributed by atoms with van der Waals surface area (Å²) in [4.78, 5) is 2.69. The van der Waals surface area contributed by atoms with Crippen LogP contribution in [0.4, 0.5) is 0 Å². The van der Waals surface area contributed by atoms with Crippen LogP contribution in [0.1, 0.15) is 31.2 Å². The molecular weight excluding hydrogens is 216 g/mol. The highest BCUT2D eigenvalue weighted by atomic mass is 32.1. The number of thiophene rings is 1. The van der Waals surface area contributed by atoms with Crippen molar-refractivity contribution in [2.75, 3.05) is 13.1 Å². The Hall–Kier alpha value is -0.380. The Bertz CT molecular complexity index is 317. The number of hydrogen-bond acceptors (Lipinski definition) is 3. The number of rotatable bonds is 3. The zero-order valence-electron chi connectivity index (χ0n) is 9.69. The topological polar surface area (TPSA) is 15.3 Å². The molecule has 2 nitrogen and oxygen atoms in total. The number of likely N-dealkylation sites (tertiary alicyclic amines) is 1. The summed E-state index contributed by atoms with van der Waals surface area (Å²) in [6.07, 6.45) is 5.52. The third-order valence-electron chi connectivity index (χ3n) is 3.94. The summed E-state index contributed by atoms with van der Waals surface area (Å²) in [6.45, 7) is 3.68. The first-order valence-corrected chi connectivity index (χ1v) is 7.36. The van der Waals surface area contributed by atoms with Crippen LogP contribution in [0.15, 0.2) is 16.8 Å². The van der Waals surface area contributed by atoms with Crippen molar-refractivity contribution in [2.24, 2.45) is 0 Å². The molecule has 3 rings (SSSR count). The predicted molar refractivity (Wildman–Crippen MR) is 68.8 cm³/mol. The normalized spacial score (nSPS) is 31.2. The molecule has 2 aliphatic rings. The molecule has 0 aromatic carbocycles. The van der Waals surface area contributed by atoms with Gasteiger partial charge in [-0.2, -0.15) is 11.3 Å². The van der Waals surface area contributed by atoms with Gasteiger partial charge in [-0.05, 0) is 61.2 Å². The van der Waals surface area contributed by atoms with Gasteiger partial charge in [-0.15, -0.1) is 0 Å². The Morgan fingerprint density at radius 2 is 2.38 bits per heavy atom. The zero-order chi connectivity index (χ0) is 10.8. The number of hydrogen-bond donors (Lipinski definition) is 1. The van der Waals surface area contributed by atoms with E-state index in [4.69, 9.17) is 0 Å². The Morgan fingerprint density at radius 1 is 1.38 bits per heavy atom. The smallest absolute Gasteiger partial charge is 0.0253 e. The van der Waals surface area contributed by atoms with Crippen LogP contribution < -0.4 is 5.32 Å². The molecule has 0 aliphatic carbocycles. The lowest BCUT2D eigenvalue weighted by Gasteiger charge is -2.29. The summed E-state index contributed by atoms with van der Waals surface area (Å²) >= 11 is 1.81. The van der Waals surface area contributed by atoms with Crippen LogP contribution in [-0.2, 0) is 6.54 Å². The van der Waals surface area contributed by atoms with Gasteiger partial charge in [-0.25, -0.2) is 0 Å². The Kier molecular flexibility index (Phi) is 3.27. The quantitative estimate of drug-likeness (QED) is 0.867. The first kappa shape index (κ1) is 10.8. The molecule has 0 saturated carbocycles. The van der Waals surface area contributed by atoms with E-state index in [-0.39, 0.29) is 0 Å². The fraction of sp³-hybridized carbons (Fsp3) is 0.692. The van der Waals surface area contributed by atoms with Crippen LogP contribution in [0.3, 0.4) is 0 Å². The molecule has 3 heterocycles. The third-order valence-corrected chi connectivity index (χ3v) is 4.67. The average Bonchev–Trinajstić information content (AvgIpc) is 2.98. The fourth-order valence-electron chi connectivity index (χ4n) is 3.16. The maximum absolute atomic E-state index is 3.67. The Labute approximate surface area is 102 Å². The number of nitrogens with one attached hydrogen (secondary N) is 1. The zero-order valence-corrected chi connectivity index (χ0v) is 10.5. The highest BCUT2D eigenvalue weighted by Gasteiger charge is 2.32. The molecule has 2 aliphatic heterocycles. The highest BCUT2D eigenvalue weighted by molar-refractivity contribution is 7.07. The molecule has 0 amide bonds. The molecule has 0 radical (unpaired) electrons. The monoisotopic (exact) mass is 236 g/mol. The van der Waals surface area contributed by atoms with Crippen LogP contribution in [0.25, 0.3) is 0 Å². The maximum atomic E-state index is 3.67. The lowest BCUT2D eigenvalue weighted by Crippen LogP contribution is -2.43. The van der Waals surface area contributed by atoms with Gasteiger partial charge in [0.2, 0.25) is 0 Å². The van der Waals surface area contributed by atoms with Crippen molar-refractivity contribution in [3.05, 3.63) is 22.4 Å².